The fourth-order valence-electron chi connectivity index (χ4n) is 3.94. The van der Waals surface area contributed by atoms with Crippen molar-refractivity contribution in [2.75, 3.05) is 13.1 Å². The van der Waals surface area contributed by atoms with Gasteiger partial charge in [-0.1, -0.05) is 73.9 Å². The van der Waals surface area contributed by atoms with Crippen LogP contribution >= 0.6 is 0 Å². The van der Waals surface area contributed by atoms with Crippen LogP contribution in [0.3, 0.4) is 0 Å². The minimum atomic E-state index is -0.0250. The number of nitrogens with one attached hydrogen (secondary N) is 3. The molecular weight excluding hydrogens is 346 g/mol. The average molecular weight is 380 g/mol. The van der Waals surface area contributed by atoms with Gasteiger partial charge in [-0.05, 0) is 42.5 Å². The maximum Gasteiger partial charge on any atom is 0.315 e. The molecule has 1 saturated carbocycles. The Bertz CT molecular complexity index is 775. The van der Waals surface area contributed by atoms with Crippen molar-refractivity contribution in [3.05, 3.63) is 60.2 Å². The Hall–Kier alpha value is -2.33. The Balaban J connectivity index is 1.33. The summed E-state index contributed by atoms with van der Waals surface area (Å²) in [7, 11) is 0. The van der Waals surface area contributed by atoms with E-state index in [2.05, 4.69) is 77.5 Å². The first-order chi connectivity index (χ1) is 13.7. The molecule has 1 atom stereocenters. The molecule has 150 valence electrons. The zero-order valence-corrected chi connectivity index (χ0v) is 16.9. The number of hydrogen-bond acceptors (Lipinski definition) is 2. The lowest BCUT2D eigenvalue weighted by molar-refractivity contribution is 0.233. The Morgan fingerprint density at radius 2 is 1.86 bits per heavy atom. The summed E-state index contributed by atoms with van der Waals surface area (Å²) in [6, 6.07) is 15.6. The molecule has 0 spiro atoms. The predicted octanol–water partition coefficient (Wildman–Crippen LogP) is 5.07. The van der Waals surface area contributed by atoms with Crippen LogP contribution in [0.15, 0.2) is 54.6 Å². The molecule has 3 rings (SSSR count). The molecule has 0 heterocycles. The summed E-state index contributed by atoms with van der Waals surface area (Å²) in [6.45, 7) is 3.69. The molecule has 2 aromatic rings. The molecule has 0 aliphatic heterocycles. The van der Waals surface area contributed by atoms with Crippen LogP contribution < -0.4 is 16.0 Å². The molecule has 0 unspecified atom stereocenters. The number of carbonyl (C=O) groups is 1. The van der Waals surface area contributed by atoms with Crippen LogP contribution in [0.2, 0.25) is 0 Å². The van der Waals surface area contributed by atoms with Gasteiger partial charge in [0.1, 0.15) is 0 Å². The van der Waals surface area contributed by atoms with E-state index in [0.717, 1.165) is 25.8 Å². The van der Waals surface area contributed by atoms with Gasteiger partial charge in [0, 0.05) is 25.2 Å². The standard InChI is InChI=1S/C24H33N3O/c1-19(22-16-10-12-20-11-6-7-15-23(20)22)25-17-8-3-9-18-26-24(28)27-21-13-4-2-5-14-21/h3,6-8,10-12,15-16,19,21,25H,2,4-5,9,13-14,17-18H2,1H3,(H2,26,27,28)/b8-3+/t19-/m1/s1. The summed E-state index contributed by atoms with van der Waals surface area (Å²) in [4.78, 5) is 11.9. The number of hydrogen-bond donors (Lipinski definition) is 3. The summed E-state index contributed by atoms with van der Waals surface area (Å²) in [5, 5.41) is 12.2. The van der Waals surface area contributed by atoms with Crippen LogP contribution in [0.4, 0.5) is 4.79 Å². The summed E-state index contributed by atoms with van der Waals surface area (Å²) < 4.78 is 0. The van der Waals surface area contributed by atoms with Crippen molar-refractivity contribution in [1.82, 2.24) is 16.0 Å². The molecule has 0 bridgehead atoms. The molecule has 3 N–H and O–H groups in total. The molecule has 4 heteroatoms. The van der Waals surface area contributed by atoms with Crippen LogP contribution in [0, 0.1) is 0 Å². The second-order valence-corrected chi connectivity index (χ2v) is 7.69. The second-order valence-electron chi connectivity index (χ2n) is 7.69. The lowest BCUT2D eigenvalue weighted by Gasteiger charge is -2.22. The third-order valence-corrected chi connectivity index (χ3v) is 5.54. The normalized spacial score (nSPS) is 16.3. The van der Waals surface area contributed by atoms with E-state index in [4.69, 9.17) is 0 Å². The summed E-state index contributed by atoms with van der Waals surface area (Å²) in [6.07, 6.45) is 11.1. The largest absolute Gasteiger partial charge is 0.338 e. The van der Waals surface area contributed by atoms with E-state index in [1.165, 1.54) is 35.6 Å². The van der Waals surface area contributed by atoms with E-state index in [0.29, 0.717) is 12.6 Å². The highest BCUT2D eigenvalue weighted by Crippen LogP contribution is 2.23. The van der Waals surface area contributed by atoms with Crippen molar-refractivity contribution in [2.24, 2.45) is 0 Å². The first-order valence-corrected chi connectivity index (χ1v) is 10.6. The van der Waals surface area contributed by atoms with Crippen molar-refractivity contribution in [2.45, 2.75) is 57.5 Å². The molecule has 2 amide bonds. The number of benzene rings is 2. The Labute approximate surface area is 168 Å². The Morgan fingerprint density at radius 1 is 1.07 bits per heavy atom. The first-order valence-electron chi connectivity index (χ1n) is 10.6. The molecular formula is C24H33N3O. The molecule has 4 nitrogen and oxygen atoms in total. The quantitative estimate of drug-likeness (QED) is 0.443. The SMILES string of the molecule is C[C@@H](NC/C=C/CCNC(=O)NC1CCCCC1)c1cccc2ccccc12. The number of amides is 2. The van der Waals surface area contributed by atoms with Crippen LogP contribution in [-0.4, -0.2) is 25.2 Å². The van der Waals surface area contributed by atoms with Gasteiger partial charge < -0.3 is 16.0 Å². The number of rotatable bonds is 8. The van der Waals surface area contributed by atoms with Gasteiger partial charge in [0.15, 0.2) is 0 Å². The monoisotopic (exact) mass is 379 g/mol. The maximum atomic E-state index is 11.9. The zero-order valence-electron chi connectivity index (χ0n) is 16.9. The molecule has 0 saturated heterocycles. The highest BCUT2D eigenvalue weighted by molar-refractivity contribution is 5.86. The van der Waals surface area contributed by atoms with E-state index in [-0.39, 0.29) is 12.1 Å². The van der Waals surface area contributed by atoms with Crippen molar-refractivity contribution in [3.63, 3.8) is 0 Å². The van der Waals surface area contributed by atoms with Gasteiger partial charge in [-0.15, -0.1) is 0 Å². The minimum absolute atomic E-state index is 0.0250. The smallest absolute Gasteiger partial charge is 0.315 e. The van der Waals surface area contributed by atoms with Crippen LogP contribution in [-0.2, 0) is 0 Å². The van der Waals surface area contributed by atoms with Gasteiger partial charge in [-0.3, -0.25) is 0 Å². The van der Waals surface area contributed by atoms with Gasteiger partial charge in [-0.2, -0.15) is 0 Å². The third-order valence-electron chi connectivity index (χ3n) is 5.54. The van der Waals surface area contributed by atoms with Crippen molar-refractivity contribution < 1.29 is 4.79 Å². The molecule has 1 fully saturated rings. The Morgan fingerprint density at radius 3 is 2.71 bits per heavy atom. The number of urea groups is 1. The predicted molar refractivity (Wildman–Crippen MR) is 118 cm³/mol. The Kier molecular flexibility index (Phi) is 7.92. The fraction of sp³-hybridized carbons (Fsp3) is 0.458. The topological polar surface area (TPSA) is 53.2 Å². The molecule has 1 aliphatic carbocycles. The van der Waals surface area contributed by atoms with Gasteiger partial charge in [0.2, 0.25) is 0 Å². The minimum Gasteiger partial charge on any atom is -0.338 e. The first kappa shape index (κ1) is 20.4. The lowest BCUT2D eigenvalue weighted by atomic mass is 9.96. The average Bonchev–Trinajstić information content (AvgIpc) is 2.73. The van der Waals surface area contributed by atoms with Gasteiger partial charge in [0.25, 0.3) is 0 Å². The van der Waals surface area contributed by atoms with Crippen molar-refractivity contribution >= 4 is 16.8 Å². The van der Waals surface area contributed by atoms with Crippen molar-refractivity contribution in [3.8, 4) is 0 Å². The zero-order chi connectivity index (χ0) is 19.6. The highest BCUT2D eigenvalue weighted by Gasteiger charge is 2.14. The third kappa shape index (κ3) is 6.10. The molecule has 28 heavy (non-hydrogen) atoms. The summed E-state index contributed by atoms with van der Waals surface area (Å²) in [5.41, 5.74) is 1.33. The number of fused-ring (bicyclic) bond motifs is 1. The molecule has 0 radical (unpaired) electrons. The van der Waals surface area contributed by atoms with E-state index >= 15 is 0 Å². The molecule has 0 aromatic heterocycles. The van der Waals surface area contributed by atoms with E-state index in [9.17, 15) is 4.79 Å². The van der Waals surface area contributed by atoms with E-state index in [1.807, 2.05) is 0 Å². The van der Waals surface area contributed by atoms with Crippen molar-refractivity contribution in [1.29, 1.82) is 0 Å². The molecule has 1 aliphatic rings. The lowest BCUT2D eigenvalue weighted by Crippen LogP contribution is -2.43. The van der Waals surface area contributed by atoms with Crippen LogP contribution in [0.5, 0.6) is 0 Å². The van der Waals surface area contributed by atoms with Gasteiger partial charge >= 0.3 is 6.03 Å². The molecule has 2 aromatic carbocycles. The van der Waals surface area contributed by atoms with Gasteiger partial charge in [0.05, 0.1) is 0 Å². The highest BCUT2D eigenvalue weighted by atomic mass is 16.2. The van der Waals surface area contributed by atoms with Crippen LogP contribution in [0.25, 0.3) is 10.8 Å². The second kappa shape index (κ2) is 10.9. The van der Waals surface area contributed by atoms with Gasteiger partial charge in [-0.25, -0.2) is 4.79 Å². The maximum absolute atomic E-state index is 11.9. The summed E-state index contributed by atoms with van der Waals surface area (Å²) >= 11 is 0. The number of carbonyl (C=O) groups excluding carboxylic acids is 1. The van der Waals surface area contributed by atoms with E-state index < -0.39 is 0 Å². The fourth-order valence-corrected chi connectivity index (χ4v) is 3.94. The van der Waals surface area contributed by atoms with Crippen LogP contribution in [0.1, 0.15) is 57.1 Å². The summed E-state index contributed by atoms with van der Waals surface area (Å²) in [5.74, 6) is 0. The van der Waals surface area contributed by atoms with E-state index in [1.54, 1.807) is 0 Å².